The molecule has 1 heterocycles. The van der Waals surface area contributed by atoms with Crippen molar-refractivity contribution in [3.05, 3.63) is 42.0 Å². The van der Waals surface area contributed by atoms with Crippen LogP contribution in [0.2, 0.25) is 0 Å². The zero-order valence-corrected chi connectivity index (χ0v) is 16.0. The highest BCUT2D eigenvalue weighted by molar-refractivity contribution is 5.90. The molecule has 0 spiro atoms. The van der Waals surface area contributed by atoms with Crippen LogP contribution in [-0.2, 0) is 16.1 Å². The third-order valence-corrected chi connectivity index (χ3v) is 4.19. The van der Waals surface area contributed by atoms with Gasteiger partial charge in [-0.25, -0.2) is 0 Å². The van der Waals surface area contributed by atoms with E-state index in [-0.39, 0.29) is 18.6 Å². The maximum absolute atomic E-state index is 12.5. The molecule has 0 saturated heterocycles. The molecular formula is C20H23N3O5. The molecule has 0 radical (unpaired) electrons. The van der Waals surface area contributed by atoms with Crippen molar-refractivity contribution in [3.63, 3.8) is 0 Å². The highest BCUT2D eigenvalue weighted by Crippen LogP contribution is 2.32. The first-order valence-electron chi connectivity index (χ1n) is 8.84. The van der Waals surface area contributed by atoms with E-state index < -0.39 is 6.04 Å². The third kappa shape index (κ3) is 4.64. The maximum Gasteiger partial charge on any atom is 0.242 e. The fourth-order valence-electron chi connectivity index (χ4n) is 2.79. The van der Waals surface area contributed by atoms with Crippen molar-refractivity contribution in [3.8, 4) is 17.2 Å². The molecule has 0 aromatic heterocycles. The molecule has 2 aromatic carbocycles. The van der Waals surface area contributed by atoms with E-state index in [0.29, 0.717) is 35.2 Å². The van der Waals surface area contributed by atoms with Crippen molar-refractivity contribution in [2.24, 2.45) is 0 Å². The van der Waals surface area contributed by atoms with Gasteiger partial charge in [-0.3, -0.25) is 9.59 Å². The Kier molecular flexibility index (Phi) is 5.88. The van der Waals surface area contributed by atoms with E-state index >= 15 is 0 Å². The Morgan fingerprint density at radius 1 is 1.14 bits per heavy atom. The molecule has 0 fully saturated rings. The maximum atomic E-state index is 12.5. The van der Waals surface area contributed by atoms with E-state index in [0.717, 1.165) is 5.56 Å². The fourth-order valence-corrected chi connectivity index (χ4v) is 2.79. The van der Waals surface area contributed by atoms with Crippen LogP contribution in [0.4, 0.5) is 11.4 Å². The fraction of sp³-hybridized carbons (Fsp3) is 0.300. The Balaban J connectivity index is 1.61. The van der Waals surface area contributed by atoms with Crippen LogP contribution in [0, 0.1) is 0 Å². The van der Waals surface area contributed by atoms with Crippen molar-refractivity contribution < 1.29 is 23.8 Å². The average molecular weight is 385 g/mol. The number of methoxy groups -OCH3 is 1. The number of fused-ring (bicyclic) bond motifs is 1. The largest absolute Gasteiger partial charge is 0.495 e. The predicted molar refractivity (Wildman–Crippen MR) is 105 cm³/mol. The van der Waals surface area contributed by atoms with Gasteiger partial charge in [-0.1, -0.05) is 6.07 Å². The minimum absolute atomic E-state index is 0.175. The number of hydrogen-bond acceptors (Lipinski definition) is 6. The second-order valence-corrected chi connectivity index (χ2v) is 6.37. The molecule has 3 rings (SSSR count). The number of carbonyl (C=O) groups is 2. The zero-order chi connectivity index (χ0) is 20.1. The summed E-state index contributed by atoms with van der Waals surface area (Å²) < 4.78 is 16.0. The van der Waals surface area contributed by atoms with E-state index in [1.165, 1.54) is 6.92 Å². The first kappa shape index (κ1) is 19.3. The van der Waals surface area contributed by atoms with Crippen LogP contribution >= 0.6 is 0 Å². The van der Waals surface area contributed by atoms with E-state index in [9.17, 15) is 9.59 Å². The highest BCUT2D eigenvalue weighted by atomic mass is 16.7. The van der Waals surface area contributed by atoms with Crippen LogP contribution in [0.5, 0.6) is 17.2 Å². The number of anilines is 2. The molecule has 0 unspecified atom stereocenters. The summed E-state index contributed by atoms with van der Waals surface area (Å²) in [5.41, 5.74) is 2.14. The highest BCUT2D eigenvalue weighted by Gasteiger charge is 2.17. The van der Waals surface area contributed by atoms with Crippen molar-refractivity contribution in [2.45, 2.75) is 26.4 Å². The molecule has 2 aromatic rings. The van der Waals surface area contributed by atoms with Crippen LogP contribution in [0.3, 0.4) is 0 Å². The van der Waals surface area contributed by atoms with Crippen LogP contribution in [-0.4, -0.2) is 31.8 Å². The van der Waals surface area contributed by atoms with Gasteiger partial charge in [0.1, 0.15) is 11.8 Å². The Bertz CT molecular complexity index is 884. The van der Waals surface area contributed by atoms with Crippen LogP contribution in [0.25, 0.3) is 0 Å². The van der Waals surface area contributed by atoms with Gasteiger partial charge >= 0.3 is 0 Å². The molecule has 0 bridgehead atoms. The Morgan fingerprint density at radius 2 is 1.93 bits per heavy atom. The van der Waals surface area contributed by atoms with Gasteiger partial charge in [-0.05, 0) is 42.8 Å². The summed E-state index contributed by atoms with van der Waals surface area (Å²) in [6.07, 6.45) is 0. The summed E-state index contributed by atoms with van der Waals surface area (Å²) in [6, 6.07) is 10.2. The van der Waals surface area contributed by atoms with Crippen LogP contribution in [0.15, 0.2) is 36.4 Å². The molecule has 0 saturated carbocycles. The number of nitrogens with one attached hydrogen (secondary N) is 3. The topological polar surface area (TPSA) is 97.9 Å². The van der Waals surface area contributed by atoms with E-state index in [2.05, 4.69) is 16.0 Å². The minimum Gasteiger partial charge on any atom is -0.495 e. The monoisotopic (exact) mass is 385 g/mol. The lowest BCUT2D eigenvalue weighted by atomic mass is 10.2. The lowest BCUT2D eigenvalue weighted by molar-refractivity contribution is -0.121. The molecule has 8 nitrogen and oxygen atoms in total. The summed E-state index contributed by atoms with van der Waals surface area (Å²) in [7, 11) is 1.54. The van der Waals surface area contributed by atoms with E-state index in [1.807, 2.05) is 18.2 Å². The van der Waals surface area contributed by atoms with Crippen LogP contribution < -0.4 is 30.2 Å². The van der Waals surface area contributed by atoms with Crippen molar-refractivity contribution in [1.82, 2.24) is 5.32 Å². The number of amides is 2. The number of benzene rings is 2. The molecule has 3 N–H and O–H groups in total. The summed E-state index contributed by atoms with van der Waals surface area (Å²) in [5, 5.41) is 8.71. The zero-order valence-electron chi connectivity index (χ0n) is 16.0. The second-order valence-electron chi connectivity index (χ2n) is 6.37. The summed E-state index contributed by atoms with van der Waals surface area (Å²) >= 11 is 0. The first-order valence-corrected chi connectivity index (χ1v) is 8.84. The molecule has 0 aliphatic carbocycles. The smallest absolute Gasteiger partial charge is 0.242 e. The lowest BCUT2D eigenvalue weighted by Crippen LogP contribution is -2.37. The third-order valence-electron chi connectivity index (χ3n) is 4.19. The van der Waals surface area contributed by atoms with Gasteiger partial charge in [-0.15, -0.1) is 0 Å². The van der Waals surface area contributed by atoms with E-state index in [1.54, 1.807) is 32.2 Å². The molecule has 28 heavy (non-hydrogen) atoms. The molecule has 1 aliphatic rings. The number of hydrogen-bond donors (Lipinski definition) is 3. The van der Waals surface area contributed by atoms with Crippen LogP contribution in [0.1, 0.15) is 19.4 Å². The van der Waals surface area contributed by atoms with E-state index in [4.69, 9.17) is 14.2 Å². The van der Waals surface area contributed by atoms with Gasteiger partial charge in [0.15, 0.2) is 11.5 Å². The molecule has 2 amide bonds. The lowest BCUT2D eigenvalue weighted by Gasteiger charge is -2.18. The average Bonchev–Trinajstić information content (AvgIpc) is 3.13. The number of carbonyl (C=O) groups excluding carboxylic acids is 2. The van der Waals surface area contributed by atoms with Gasteiger partial charge < -0.3 is 30.2 Å². The Labute approximate surface area is 163 Å². The molecular weight excluding hydrogens is 362 g/mol. The second kappa shape index (κ2) is 8.51. The predicted octanol–water partition coefficient (Wildman–Crippen LogP) is 2.50. The van der Waals surface area contributed by atoms with Gasteiger partial charge in [0.05, 0.1) is 12.8 Å². The Morgan fingerprint density at radius 3 is 2.68 bits per heavy atom. The van der Waals surface area contributed by atoms with Gasteiger partial charge in [0.2, 0.25) is 18.6 Å². The molecule has 1 atom stereocenters. The van der Waals surface area contributed by atoms with Crippen molar-refractivity contribution >= 4 is 23.2 Å². The minimum atomic E-state index is -0.518. The summed E-state index contributed by atoms with van der Waals surface area (Å²) in [5.74, 6) is 1.61. The first-order chi connectivity index (χ1) is 13.5. The molecule has 1 aliphatic heterocycles. The summed E-state index contributed by atoms with van der Waals surface area (Å²) in [4.78, 5) is 23.7. The summed E-state index contributed by atoms with van der Waals surface area (Å²) in [6.45, 7) is 3.76. The van der Waals surface area contributed by atoms with Crippen molar-refractivity contribution in [2.75, 3.05) is 24.5 Å². The number of rotatable bonds is 7. The van der Waals surface area contributed by atoms with Crippen molar-refractivity contribution in [1.29, 1.82) is 0 Å². The Hall–Kier alpha value is -3.42. The molecule has 148 valence electrons. The van der Waals surface area contributed by atoms with Gasteiger partial charge in [0.25, 0.3) is 0 Å². The standard InChI is InChI=1S/C20H23N3O5/c1-12(22-16-9-15(23-13(2)24)5-7-17(16)26-3)20(25)21-10-14-4-6-18-19(8-14)28-11-27-18/h4-9,12,22H,10-11H2,1-3H3,(H,21,25)(H,23,24)/t12-/m0/s1. The number of ether oxygens (including phenoxy) is 3. The quantitative estimate of drug-likeness (QED) is 0.678. The van der Waals surface area contributed by atoms with Gasteiger partial charge in [0, 0.05) is 19.2 Å². The SMILES string of the molecule is COc1ccc(NC(C)=O)cc1N[C@@H](C)C(=O)NCc1ccc2c(c1)OCO2. The van der Waals surface area contributed by atoms with Gasteiger partial charge in [-0.2, -0.15) is 0 Å². The normalized spacial score (nSPS) is 12.8. The molecule has 8 heteroatoms.